The molecule has 1 unspecified atom stereocenters. The highest BCUT2D eigenvalue weighted by Crippen LogP contribution is 2.19. The van der Waals surface area contributed by atoms with E-state index in [0.717, 1.165) is 17.7 Å². The van der Waals surface area contributed by atoms with Crippen molar-refractivity contribution in [2.45, 2.75) is 19.5 Å². The highest BCUT2D eigenvalue weighted by atomic mass is 15.3. The molecule has 0 fully saturated rings. The van der Waals surface area contributed by atoms with Crippen molar-refractivity contribution in [2.75, 3.05) is 7.05 Å². The first kappa shape index (κ1) is 10.8. The fourth-order valence-electron chi connectivity index (χ4n) is 1.69. The monoisotopic (exact) mass is 217 g/mol. The van der Waals surface area contributed by atoms with Gasteiger partial charge < -0.3 is 5.32 Å². The Morgan fingerprint density at radius 3 is 2.56 bits per heavy atom. The van der Waals surface area contributed by atoms with Crippen LogP contribution in [0.5, 0.6) is 0 Å². The second-order valence-corrected chi connectivity index (χ2v) is 3.52. The summed E-state index contributed by atoms with van der Waals surface area (Å²) in [6, 6.07) is 0.0986. The molecule has 2 aromatic heterocycles. The topological polar surface area (TPSA) is 55.6 Å². The fraction of sp³-hybridized carbons (Fsp3) is 0.364. The molecule has 0 radical (unpaired) electrons. The molecule has 5 heteroatoms. The Hall–Kier alpha value is -1.75. The Labute approximate surface area is 94.5 Å². The summed E-state index contributed by atoms with van der Waals surface area (Å²) in [5.74, 6) is 0. The van der Waals surface area contributed by atoms with Gasteiger partial charge in [-0.15, -0.1) is 0 Å². The molecule has 0 amide bonds. The number of aryl methyl sites for hydroxylation is 1. The van der Waals surface area contributed by atoms with Crippen LogP contribution in [0.3, 0.4) is 0 Å². The zero-order valence-corrected chi connectivity index (χ0v) is 9.46. The molecule has 16 heavy (non-hydrogen) atoms. The van der Waals surface area contributed by atoms with Crippen molar-refractivity contribution in [3.8, 4) is 0 Å². The first-order chi connectivity index (χ1) is 7.85. The van der Waals surface area contributed by atoms with E-state index >= 15 is 0 Å². The van der Waals surface area contributed by atoms with Gasteiger partial charge in [0.25, 0.3) is 0 Å². The summed E-state index contributed by atoms with van der Waals surface area (Å²) in [6.45, 7) is 2.94. The van der Waals surface area contributed by atoms with E-state index in [0.29, 0.717) is 0 Å². The van der Waals surface area contributed by atoms with Crippen LogP contribution in [-0.2, 0) is 6.54 Å². The van der Waals surface area contributed by atoms with Crippen molar-refractivity contribution >= 4 is 0 Å². The Bertz CT molecular complexity index is 437. The van der Waals surface area contributed by atoms with Crippen molar-refractivity contribution in [1.82, 2.24) is 25.1 Å². The number of aromatic nitrogens is 4. The summed E-state index contributed by atoms with van der Waals surface area (Å²) in [7, 11) is 1.92. The summed E-state index contributed by atoms with van der Waals surface area (Å²) in [5, 5.41) is 7.50. The molecule has 2 aromatic rings. The molecular formula is C11H15N5. The van der Waals surface area contributed by atoms with Crippen molar-refractivity contribution in [3.05, 3.63) is 42.2 Å². The third-order valence-corrected chi connectivity index (χ3v) is 2.51. The molecule has 0 aromatic carbocycles. The lowest BCUT2D eigenvalue weighted by Crippen LogP contribution is -2.17. The third-order valence-electron chi connectivity index (χ3n) is 2.51. The van der Waals surface area contributed by atoms with Gasteiger partial charge in [0, 0.05) is 36.3 Å². The molecule has 0 aliphatic rings. The van der Waals surface area contributed by atoms with Crippen LogP contribution in [0, 0.1) is 0 Å². The van der Waals surface area contributed by atoms with Crippen LogP contribution < -0.4 is 5.32 Å². The maximum Gasteiger partial charge on any atom is 0.115 e. The van der Waals surface area contributed by atoms with Crippen LogP contribution in [0.1, 0.15) is 24.1 Å². The van der Waals surface area contributed by atoms with Gasteiger partial charge in [-0.05, 0) is 14.0 Å². The van der Waals surface area contributed by atoms with Crippen molar-refractivity contribution in [1.29, 1.82) is 0 Å². The average molecular weight is 217 g/mol. The van der Waals surface area contributed by atoms with Crippen LogP contribution in [0.2, 0.25) is 0 Å². The summed E-state index contributed by atoms with van der Waals surface area (Å²) in [4.78, 5) is 8.06. The fourth-order valence-corrected chi connectivity index (χ4v) is 1.69. The molecule has 0 saturated carbocycles. The molecule has 0 aliphatic carbocycles. The van der Waals surface area contributed by atoms with Gasteiger partial charge in [0.1, 0.15) is 6.33 Å². The molecule has 0 spiro atoms. The zero-order valence-electron chi connectivity index (χ0n) is 9.46. The minimum atomic E-state index is 0.0986. The van der Waals surface area contributed by atoms with Crippen LogP contribution >= 0.6 is 0 Å². The number of hydrogen-bond acceptors (Lipinski definition) is 4. The summed E-state index contributed by atoms with van der Waals surface area (Å²) in [6.07, 6.45) is 9.08. The van der Waals surface area contributed by atoms with Crippen LogP contribution in [0.15, 0.2) is 31.1 Å². The molecule has 0 aliphatic heterocycles. The summed E-state index contributed by atoms with van der Waals surface area (Å²) < 4.78 is 1.91. The smallest absolute Gasteiger partial charge is 0.115 e. The van der Waals surface area contributed by atoms with Gasteiger partial charge in [0.15, 0.2) is 0 Å². The van der Waals surface area contributed by atoms with E-state index in [2.05, 4.69) is 27.3 Å². The number of nitrogens with one attached hydrogen (secondary N) is 1. The van der Waals surface area contributed by atoms with E-state index in [4.69, 9.17) is 0 Å². The van der Waals surface area contributed by atoms with Crippen LogP contribution in [0.25, 0.3) is 0 Å². The van der Waals surface area contributed by atoms with Gasteiger partial charge in [0.05, 0.1) is 12.2 Å². The highest BCUT2D eigenvalue weighted by Gasteiger charge is 2.13. The Morgan fingerprint density at radius 2 is 2.00 bits per heavy atom. The first-order valence-electron chi connectivity index (χ1n) is 5.29. The van der Waals surface area contributed by atoms with E-state index in [1.165, 1.54) is 6.33 Å². The Balaban J connectivity index is 2.29. The summed E-state index contributed by atoms with van der Waals surface area (Å²) in [5.41, 5.74) is 2.17. The highest BCUT2D eigenvalue weighted by molar-refractivity contribution is 5.24. The minimum Gasteiger partial charge on any atom is -0.309 e. The van der Waals surface area contributed by atoms with Gasteiger partial charge >= 0.3 is 0 Å². The van der Waals surface area contributed by atoms with Crippen molar-refractivity contribution < 1.29 is 0 Å². The predicted molar refractivity (Wildman–Crippen MR) is 60.8 cm³/mol. The molecule has 5 nitrogen and oxygen atoms in total. The van der Waals surface area contributed by atoms with Crippen molar-refractivity contribution in [2.24, 2.45) is 0 Å². The summed E-state index contributed by atoms with van der Waals surface area (Å²) >= 11 is 0. The van der Waals surface area contributed by atoms with Gasteiger partial charge in [-0.25, -0.2) is 9.97 Å². The van der Waals surface area contributed by atoms with E-state index < -0.39 is 0 Å². The zero-order chi connectivity index (χ0) is 11.4. The van der Waals surface area contributed by atoms with Gasteiger partial charge in [-0.3, -0.25) is 4.68 Å². The van der Waals surface area contributed by atoms with Crippen LogP contribution in [-0.4, -0.2) is 26.8 Å². The number of nitrogens with zero attached hydrogens (tertiary/aromatic N) is 4. The number of hydrogen-bond donors (Lipinski definition) is 1. The van der Waals surface area contributed by atoms with Gasteiger partial charge in [-0.2, -0.15) is 5.10 Å². The van der Waals surface area contributed by atoms with Gasteiger partial charge in [0.2, 0.25) is 0 Å². The lowest BCUT2D eigenvalue weighted by Gasteiger charge is -2.13. The molecule has 2 heterocycles. The molecule has 84 valence electrons. The van der Waals surface area contributed by atoms with Gasteiger partial charge in [-0.1, -0.05) is 0 Å². The molecular weight excluding hydrogens is 202 g/mol. The normalized spacial score (nSPS) is 12.6. The average Bonchev–Trinajstić information content (AvgIpc) is 2.80. The largest absolute Gasteiger partial charge is 0.309 e. The van der Waals surface area contributed by atoms with E-state index in [9.17, 15) is 0 Å². The Kier molecular flexibility index (Phi) is 3.26. The first-order valence-corrected chi connectivity index (χ1v) is 5.29. The second-order valence-electron chi connectivity index (χ2n) is 3.52. The molecule has 1 N–H and O–H groups in total. The van der Waals surface area contributed by atoms with Crippen LogP contribution in [0.4, 0.5) is 0 Å². The maximum absolute atomic E-state index is 4.26. The molecule has 2 rings (SSSR count). The lowest BCUT2D eigenvalue weighted by molar-refractivity contribution is 0.652. The second kappa shape index (κ2) is 4.85. The third kappa shape index (κ3) is 2.09. The quantitative estimate of drug-likeness (QED) is 0.830. The molecule has 0 bridgehead atoms. The van der Waals surface area contributed by atoms with Crippen molar-refractivity contribution in [3.63, 3.8) is 0 Å². The van der Waals surface area contributed by atoms with E-state index in [1.807, 2.05) is 36.5 Å². The molecule has 1 atom stereocenters. The van der Waals surface area contributed by atoms with E-state index in [-0.39, 0.29) is 6.04 Å². The Morgan fingerprint density at radius 1 is 1.25 bits per heavy atom. The SMILES string of the molecule is CCn1cc(C(NC)c2cncnc2)cn1. The lowest BCUT2D eigenvalue weighted by atomic mass is 10.1. The minimum absolute atomic E-state index is 0.0986. The standard InChI is InChI=1S/C11H15N5/c1-3-16-7-10(6-15-16)11(12-2)9-4-13-8-14-5-9/h4-8,11-12H,3H2,1-2H3. The molecule has 0 saturated heterocycles. The maximum atomic E-state index is 4.26. The predicted octanol–water partition coefficient (Wildman–Crippen LogP) is 1.00. The number of rotatable bonds is 4. The van der Waals surface area contributed by atoms with E-state index in [1.54, 1.807) is 0 Å².